The van der Waals surface area contributed by atoms with E-state index in [1.54, 1.807) is 6.07 Å². The van der Waals surface area contributed by atoms with Gasteiger partial charge in [-0.3, -0.25) is 5.41 Å². The third-order valence-corrected chi connectivity index (χ3v) is 3.29. The third-order valence-electron chi connectivity index (χ3n) is 3.29. The zero-order valence-electron chi connectivity index (χ0n) is 11.3. The fourth-order valence-corrected chi connectivity index (χ4v) is 1.69. The number of nitrogens with two attached hydrogens (primary N) is 1. The minimum absolute atomic E-state index is 0.192. The molecule has 1 aromatic carbocycles. The molecule has 0 saturated heterocycles. The first kappa shape index (κ1) is 14.5. The standard InChI is InChI=1S/C14H22FN3/c1-4-18(9-8-14(2,3)13(16)17)12-7-5-6-11(15)10-12/h5-7,10H,4,8-9H2,1-3H3,(H3,16,17). The lowest BCUT2D eigenvalue weighted by Gasteiger charge is -2.29. The van der Waals surface area contributed by atoms with E-state index in [1.807, 2.05) is 26.8 Å². The fourth-order valence-electron chi connectivity index (χ4n) is 1.69. The second-order valence-electron chi connectivity index (χ2n) is 5.11. The van der Waals surface area contributed by atoms with Crippen molar-refractivity contribution in [3.8, 4) is 0 Å². The molecule has 0 bridgehead atoms. The summed E-state index contributed by atoms with van der Waals surface area (Å²) < 4.78 is 13.2. The first-order chi connectivity index (χ1) is 8.36. The largest absolute Gasteiger partial charge is 0.387 e. The summed E-state index contributed by atoms with van der Waals surface area (Å²) in [6.07, 6.45) is 0.771. The lowest BCUT2D eigenvalue weighted by atomic mass is 9.88. The molecule has 0 fully saturated rings. The van der Waals surface area contributed by atoms with E-state index < -0.39 is 0 Å². The molecule has 3 nitrogen and oxygen atoms in total. The molecule has 0 spiro atoms. The highest BCUT2D eigenvalue weighted by molar-refractivity contribution is 5.82. The van der Waals surface area contributed by atoms with E-state index in [-0.39, 0.29) is 17.1 Å². The lowest BCUT2D eigenvalue weighted by Crippen LogP contribution is -2.35. The van der Waals surface area contributed by atoms with Gasteiger partial charge >= 0.3 is 0 Å². The average Bonchev–Trinajstić information content (AvgIpc) is 2.29. The van der Waals surface area contributed by atoms with E-state index in [4.69, 9.17) is 11.1 Å². The number of rotatable bonds is 6. The molecule has 1 rings (SSSR count). The summed E-state index contributed by atoms with van der Waals surface area (Å²) in [6, 6.07) is 6.58. The summed E-state index contributed by atoms with van der Waals surface area (Å²) in [5.41, 5.74) is 6.12. The van der Waals surface area contributed by atoms with E-state index in [0.717, 1.165) is 25.2 Å². The molecule has 0 saturated carbocycles. The van der Waals surface area contributed by atoms with Crippen LogP contribution in [0.4, 0.5) is 10.1 Å². The Labute approximate surface area is 108 Å². The molecule has 4 heteroatoms. The number of nitrogens with one attached hydrogen (secondary N) is 1. The molecule has 0 aliphatic rings. The second-order valence-corrected chi connectivity index (χ2v) is 5.11. The van der Waals surface area contributed by atoms with Crippen LogP contribution in [0, 0.1) is 16.6 Å². The van der Waals surface area contributed by atoms with Crippen molar-refractivity contribution in [2.24, 2.45) is 11.1 Å². The molecule has 3 N–H and O–H groups in total. The summed E-state index contributed by atoms with van der Waals surface area (Å²) in [6.45, 7) is 7.50. The van der Waals surface area contributed by atoms with E-state index in [0.29, 0.717) is 0 Å². The summed E-state index contributed by atoms with van der Waals surface area (Å²) in [4.78, 5) is 2.09. The SMILES string of the molecule is CCN(CCC(C)(C)C(=N)N)c1cccc(F)c1. The molecule has 1 aromatic rings. The zero-order chi connectivity index (χ0) is 13.8. The smallest absolute Gasteiger partial charge is 0.125 e. The Morgan fingerprint density at radius 1 is 1.44 bits per heavy atom. The Balaban J connectivity index is 2.72. The van der Waals surface area contributed by atoms with E-state index in [9.17, 15) is 4.39 Å². The fraction of sp³-hybridized carbons (Fsp3) is 0.500. The quantitative estimate of drug-likeness (QED) is 0.603. The number of halogens is 1. The number of amidine groups is 1. The predicted octanol–water partition coefficient (Wildman–Crippen LogP) is 3.00. The Kier molecular flexibility index (Phi) is 4.70. The van der Waals surface area contributed by atoms with E-state index in [1.165, 1.54) is 12.1 Å². The van der Waals surface area contributed by atoms with Crippen LogP contribution in [0.25, 0.3) is 0 Å². The Hall–Kier alpha value is -1.58. The molecule has 0 aromatic heterocycles. The first-order valence-corrected chi connectivity index (χ1v) is 6.22. The van der Waals surface area contributed by atoms with Gasteiger partial charge in [0.15, 0.2) is 0 Å². The highest BCUT2D eigenvalue weighted by atomic mass is 19.1. The minimum Gasteiger partial charge on any atom is -0.387 e. The molecule has 0 radical (unpaired) electrons. The predicted molar refractivity (Wildman–Crippen MR) is 74.6 cm³/mol. The van der Waals surface area contributed by atoms with Crippen LogP contribution in [0.3, 0.4) is 0 Å². The maximum Gasteiger partial charge on any atom is 0.125 e. The average molecular weight is 251 g/mol. The van der Waals surface area contributed by atoms with Crippen LogP contribution in [0.5, 0.6) is 0 Å². The van der Waals surface area contributed by atoms with Crippen molar-refractivity contribution in [2.45, 2.75) is 27.2 Å². The van der Waals surface area contributed by atoms with Gasteiger partial charge in [0.25, 0.3) is 0 Å². The summed E-state index contributed by atoms with van der Waals surface area (Å²) in [5, 5.41) is 7.54. The molecule has 100 valence electrons. The van der Waals surface area contributed by atoms with Crippen LogP contribution in [-0.2, 0) is 0 Å². The van der Waals surface area contributed by atoms with Gasteiger partial charge in [-0.05, 0) is 31.5 Å². The molecule has 0 aliphatic carbocycles. The van der Waals surface area contributed by atoms with E-state index >= 15 is 0 Å². The van der Waals surface area contributed by atoms with Crippen LogP contribution >= 0.6 is 0 Å². The molecule has 0 atom stereocenters. The van der Waals surface area contributed by atoms with E-state index in [2.05, 4.69) is 4.90 Å². The Bertz CT molecular complexity index is 415. The number of nitrogens with zero attached hydrogens (tertiary/aromatic N) is 1. The number of benzene rings is 1. The Morgan fingerprint density at radius 3 is 2.61 bits per heavy atom. The van der Waals surface area contributed by atoms with Gasteiger partial charge in [-0.25, -0.2) is 4.39 Å². The van der Waals surface area contributed by atoms with Gasteiger partial charge in [0, 0.05) is 24.2 Å². The molecule has 0 aliphatic heterocycles. The number of anilines is 1. The molecule has 18 heavy (non-hydrogen) atoms. The van der Waals surface area contributed by atoms with Crippen molar-refractivity contribution < 1.29 is 4.39 Å². The highest BCUT2D eigenvalue weighted by Gasteiger charge is 2.22. The first-order valence-electron chi connectivity index (χ1n) is 6.22. The lowest BCUT2D eigenvalue weighted by molar-refractivity contribution is 0.467. The van der Waals surface area contributed by atoms with Gasteiger partial charge in [0.1, 0.15) is 5.82 Å². The van der Waals surface area contributed by atoms with Crippen LogP contribution < -0.4 is 10.6 Å². The van der Waals surface area contributed by atoms with Crippen molar-refractivity contribution in [2.75, 3.05) is 18.0 Å². The molecule has 0 unspecified atom stereocenters. The van der Waals surface area contributed by atoms with Crippen LogP contribution in [-0.4, -0.2) is 18.9 Å². The van der Waals surface area contributed by atoms with Crippen molar-refractivity contribution in [3.05, 3.63) is 30.1 Å². The third kappa shape index (κ3) is 3.72. The van der Waals surface area contributed by atoms with Crippen molar-refractivity contribution in [1.82, 2.24) is 0 Å². The normalized spacial score (nSPS) is 11.3. The van der Waals surface area contributed by atoms with Crippen LogP contribution in [0.2, 0.25) is 0 Å². The molecular weight excluding hydrogens is 229 g/mol. The molecule has 0 heterocycles. The number of hydrogen-bond donors (Lipinski definition) is 2. The topological polar surface area (TPSA) is 53.1 Å². The van der Waals surface area contributed by atoms with Crippen molar-refractivity contribution >= 4 is 11.5 Å². The van der Waals surface area contributed by atoms with Gasteiger partial charge in [-0.2, -0.15) is 0 Å². The van der Waals surface area contributed by atoms with Crippen molar-refractivity contribution in [1.29, 1.82) is 5.41 Å². The second kappa shape index (κ2) is 5.85. The number of hydrogen-bond acceptors (Lipinski definition) is 2. The maximum atomic E-state index is 13.2. The maximum absolute atomic E-state index is 13.2. The highest BCUT2D eigenvalue weighted by Crippen LogP contribution is 2.23. The van der Waals surface area contributed by atoms with Gasteiger partial charge in [-0.1, -0.05) is 19.9 Å². The van der Waals surface area contributed by atoms with Gasteiger partial charge in [0.05, 0.1) is 5.84 Å². The summed E-state index contributed by atoms with van der Waals surface area (Å²) in [7, 11) is 0. The van der Waals surface area contributed by atoms with Crippen molar-refractivity contribution in [3.63, 3.8) is 0 Å². The van der Waals surface area contributed by atoms with Crippen LogP contribution in [0.1, 0.15) is 27.2 Å². The zero-order valence-corrected chi connectivity index (χ0v) is 11.3. The van der Waals surface area contributed by atoms with Gasteiger partial charge in [0.2, 0.25) is 0 Å². The summed E-state index contributed by atoms with van der Waals surface area (Å²) >= 11 is 0. The van der Waals surface area contributed by atoms with Crippen LogP contribution in [0.15, 0.2) is 24.3 Å². The molecular formula is C14H22FN3. The minimum atomic E-state index is -0.319. The van der Waals surface area contributed by atoms with Gasteiger partial charge < -0.3 is 10.6 Å². The molecule has 0 amide bonds. The Morgan fingerprint density at radius 2 is 2.11 bits per heavy atom. The summed E-state index contributed by atoms with van der Waals surface area (Å²) in [5.74, 6) is -0.0328. The van der Waals surface area contributed by atoms with Gasteiger partial charge in [-0.15, -0.1) is 0 Å². The monoisotopic (exact) mass is 251 g/mol.